The summed E-state index contributed by atoms with van der Waals surface area (Å²) in [6.45, 7) is 8.68. The maximum atomic E-state index is 14.2. The summed E-state index contributed by atoms with van der Waals surface area (Å²) in [7, 11) is 0. The summed E-state index contributed by atoms with van der Waals surface area (Å²) in [4.78, 5) is 85.9. The molecule has 0 bridgehead atoms. The Balaban J connectivity index is 1.79. The number of carbonyl (C=O) groups excluding carboxylic acids is 3. The average Bonchev–Trinajstić information content (AvgIpc) is 3.04. The van der Waals surface area contributed by atoms with Gasteiger partial charge in [-0.3, -0.25) is 33.1 Å². The minimum atomic E-state index is -4.97. The molecule has 4 aromatic rings. The van der Waals surface area contributed by atoms with Crippen LogP contribution >= 0.6 is 0 Å². The number of alkyl halides is 3. The smallest absolute Gasteiger partial charge is 0.433 e. The fourth-order valence-electron chi connectivity index (χ4n) is 5.20. The Morgan fingerprint density at radius 1 is 0.815 bits per heavy atom. The second-order valence-electron chi connectivity index (χ2n) is 14.8. The molecule has 4 rings (SSSR count). The molecule has 0 unspecified atom stereocenters. The molecule has 0 aliphatic heterocycles. The van der Waals surface area contributed by atoms with E-state index in [0.29, 0.717) is 12.5 Å². The Morgan fingerprint density at radius 3 is 1.91 bits per heavy atom. The number of carbonyl (C=O) groups is 4. The van der Waals surface area contributed by atoms with Crippen LogP contribution in [-0.4, -0.2) is 66.2 Å². The second kappa shape index (κ2) is 15.2. The van der Waals surface area contributed by atoms with Gasteiger partial charge in [-0.2, -0.15) is 13.2 Å². The number of hydrogen-bond acceptors (Lipinski definition) is 10. The van der Waals surface area contributed by atoms with Crippen molar-refractivity contribution in [2.24, 2.45) is 10.8 Å². The van der Waals surface area contributed by atoms with Gasteiger partial charge in [-0.15, -0.1) is 0 Å². The molecule has 0 aliphatic carbocycles. The number of aryl methyl sites for hydroxylation is 2. The second-order valence-corrected chi connectivity index (χ2v) is 14.8. The van der Waals surface area contributed by atoms with Gasteiger partial charge in [-0.25, -0.2) is 19.2 Å². The number of esters is 1. The molecule has 4 aromatic heterocycles. The Hall–Kier alpha value is -5.88. The molecule has 19 heteroatoms. The first-order valence-electron chi connectivity index (χ1n) is 16.4. The van der Waals surface area contributed by atoms with Crippen LogP contribution in [0.4, 0.5) is 17.6 Å². The third kappa shape index (κ3) is 9.37. The molecule has 4 heterocycles. The molecule has 290 valence electrons. The molecule has 54 heavy (non-hydrogen) atoms. The van der Waals surface area contributed by atoms with E-state index in [1.165, 1.54) is 0 Å². The van der Waals surface area contributed by atoms with E-state index in [9.17, 15) is 51.4 Å². The van der Waals surface area contributed by atoms with Crippen molar-refractivity contribution in [2.75, 3.05) is 13.1 Å². The zero-order valence-electron chi connectivity index (χ0n) is 30.1. The van der Waals surface area contributed by atoms with Gasteiger partial charge in [0, 0.05) is 13.1 Å². The standard InChI is InChI=1S/C35H38F4N6O9/c1-33(2,3)9-11-44-27-19(13-17(36)14-40-27)25(49)23(31(44)52)29(50)42-16-22(48)54-26-18-7-8-20(35(37,38)39)43-28(18)45(12-10-34(4,5)6)32(53)24(26)30(51)41-15-21(46)47/h7-8,13-14,49H,9-12,15-16H2,1-6H3,(H,41,51)(H,42,50)(H,46,47). The Kier molecular flexibility index (Phi) is 11.5. The van der Waals surface area contributed by atoms with Crippen molar-refractivity contribution in [3.05, 3.63) is 67.7 Å². The summed E-state index contributed by atoms with van der Waals surface area (Å²) in [5.74, 6) is -8.30. The largest absolute Gasteiger partial charge is 0.506 e. The molecule has 15 nitrogen and oxygen atoms in total. The lowest BCUT2D eigenvalue weighted by molar-refractivity contribution is -0.141. The summed E-state index contributed by atoms with van der Waals surface area (Å²) >= 11 is 0. The van der Waals surface area contributed by atoms with E-state index in [4.69, 9.17) is 9.84 Å². The highest BCUT2D eigenvalue weighted by molar-refractivity contribution is 6.05. The summed E-state index contributed by atoms with van der Waals surface area (Å²) in [6.07, 6.45) is -3.56. The molecule has 0 spiro atoms. The summed E-state index contributed by atoms with van der Waals surface area (Å²) in [5.41, 5.74) is -7.01. The van der Waals surface area contributed by atoms with Gasteiger partial charge < -0.3 is 25.6 Å². The Labute approximate surface area is 304 Å². The number of nitrogens with one attached hydrogen (secondary N) is 2. The highest BCUT2D eigenvalue weighted by atomic mass is 19.4. The first-order chi connectivity index (χ1) is 24.9. The third-order valence-electron chi connectivity index (χ3n) is 8.03. The van der Waals surface area contributed by atoms with E-state index in [-0.39, 0.29) is 36.0 Å². The number of ether oxygens (including phenoxy) is 1. The van der Waals surface area contributed by atoms with Crippen LogP contribution < -0.4 is 26.5 Å². The molecule has 0 aromatic carbocycles. The van der Waals surface area contributed by atoms with Gasteiger partial charge in [-0.05, 0) is 41.9 Å². The van der Waals surface area contributed by atoms with Gasteiger partial charge in [0.2, 0.25) is 0 Å². The van der Waals surface area contributed by atoms with Crippen molar-refractivity contribution in [1.29, 1.82) is 0 Å². The lowest BCUT2D eigenvalue weighted by atomic mass is 9.92. The topological polar surface area (TPSA) is 212 Å². The quantitative estimate of drug-likeness (QED) is 0.127. The number of carboxylic acids is 1. The Bertz CT molecular complexity index is 2290. The number of nitrogens with zero attached hydrogens (tertiary/aromatic N) is 4. The highest BCUT2D eigenvalue weighted by Gasteiger charge is 2.35. The van der Waals surface area contributed by atoms with Crippen molar-refractivity contribution < 1.29 is 51.7 Å². The third-order valence-corrected chi connectivity index (χ3v) is 8.03. The first kappa shape index (κ1) is 40.9. The van der Waals surface area contributed by atoms with Gasteiger partial charge >= 0.3 is 18.1 Å². The number of carboxylic acid groups (broad SMARTS) is 1. The van der Waals surface area contributed by atoms with Crippen LogP contribution in [0, 0.1) is 16.6 Å². The fraction of sp³-hybridized carbons (Fsp3) is 0.429. The molecule has 0 aliphatic rings. The number of pyridine rings is 4. The van der Waals surface area contributed by atoms with Gasteiger partial charge in [0.1, 0.15) is 52.8 Å². The highest BCUT2D eigenvalue weighted by Crippen LogP contribution is 2.34. The maximum absolute atomic E-state index is 14.2. The number of fused-ring (bicyclic) bond motifs is 2. The van der Waals surface area contributed by atoms with E-state index < -0.39 is 105 Å². The van der Waals surface area contributed by atoms with Crippen molar-refractivity contribution in [2.45, 2.75) is 73.6 Å². The maximum Gasteiger partial charge on any atom is 0.433 e. The first-order valence-corrected chi connectivity index (χ1v) is 16.4. The number of aromatic hydroxyl groups is 1. The SMILES string of the molecule is CC(C)(C)CCn1c(=O)c(C(=O)NCC(=O)Oc2c(C(=O)NCC(=O)O)c(=O)n(CCC(C)(C)C)c3nc(C(F)(F)F)ccc23)c(O)c2cc(F)cnc21. The summed E-state index contributed by atoms with van der Waals surface area (Å²) in [5, 5.41) is 23.4. The van der Waals surface area contributed by atoms with E-state index in [1.54, 1.807) is 20.8 Å². The van der Waals surface area contributed by atoms with E-state index in [0.717, 1.165) is 27.5 Å². The van der Waals surface area contributed by atoms with Crippen LogP contribution in [0.15, 0.2) is 34.0 Å². The normalized spacial score (nSPS) is 12.2. The number of aliphatic carboxylic acids is 1. The molecule has 0 fully saturated rings. The zero-order chi connectivity index (χ0) is 40.5. The summed E-state index contributed by atoms with van der Waals surface area (Å²) in [6, 6.07) is 2.19. The van der Waals surface area contributed by atoms with Crippen molar-refractivity contribution in [1.82, 2.24) is 29.7 Å². The van der Waals surface area contributed by atoms with Crippen LogP contribution in [0.2, 0.25) is 0 Å². The number of halogens is 4. The molecular weight excluding hydrogens is 724 g/mol. The van der Waals surface area contributed by atoms with Gasteiger partial charge in [-0.1, -0.05) is 41.5 Å². The van der Waals surface area contributed by atoms with Gasteiger partial charge in [0.15, 0.2) is 5.75 Å². The van der Waals surface area contributed by atoms with Crippen molar-refractivity contribution >= 4 is 45.8 Å². The Morgan fingerprint density at radius 2 is 1.35 bits per heavy atom. The van der Waals surface area contributed by atoms with Crippen LogP contribution in [0.1, 0.15) is 80.8 Å². The van der Waals surface area contributed by atoms with Crippen LogP contribution in [0.25, 0.3) is 22.1 Å². The van der Waals surface area contributed by atoms with Crippen LogP contribution in [-0.2, 0) is 28.9 Å². The van der Waals surface area contributed by atoms with Crippen molar-refractivity contribution in [3.63, 3.8) is 0 Å². The molecule has 0 saturated carbocycles. The number of hydrogen-bond donors (Lipinski definition) is 4. The summed E-state index contributed by atoms with van der Waals surface area (Å²) < 4.78 is 62.6. The predicted octanol–water partition coefficient (Wildman–Crippen LogP) is 3.99. The number of rotatable bonds is 11. The van der Waals surface area contributed by atoms with Crippen LogP contribution in [0.3, 0.4) is 0 Å². The van der Waals surface area contributed by atoms with Crippen molar-refractivity contribution in [3.8, 4) is 11.5 Å². The van der Waals surface area contributed by atoms with E-state index in [1.807, 2.05) is 26.1 Å². The molecule has 4 N–H and O–H groups in total. The van der Waals surface area contributed by atoms with Gasteiger partial charge in [0.05, 0.1) is 17.0 Å². The van der Waals surface area contributed by atoms with E-state index in [2.05, 4.69) is 15.3 Å². The molecular formula is C35H38F4N6O9. The average molecular weight is 763 g/mol. The number of aromatic nitrogens is 4. The van der Waals surface area contributed by atoms with E-state index >= 15 is 0 Å². The lowest BCUT2D eigenvalue weighted by Gasteiger charge is -2.22. The monoisotopic (exact) mass is 762 g/mol. The fourth-order valence-corrected chi connectivity index (χ4v) is 5.20. The molecule has 2 amide bonds. The minimum Gasteiger partial charge on any atom is -0.506 e. The molecule has 0 saturated heterocycles. The van der Waals surface area contributed by atoms with Gasteiger partial charge in [0.25, 0.3) is 22.9 Å². The van der Waals surface area contributed by atoms with Crippen LogP contribution in [0.5, 0.6) is 11.5 Å². The zero-order valence-corrected chi connectivity index (χ0v) is 30.1. The number of amides is 2. The molecule has 0 radical (unpaired) electrons. The minimum absolute atomic E-state index is 0.00520. The lowest BCUT2D eigenvalue weighted by Crippen LogP contribution is -2.39. The molecule has 0 atom stereocenters. The predicted molar refractivity (Wildman–Crippen MR) is 185 cm³/mol.